The Morgan fingerprint density at radius 2 is 1.95 bits per heavy atom. The lowest BCUT2D eigenvalue weighted by atomic mass is 9.98. The number of nitriles is 1. The Morgan fingerprint density at radius 3 is 2.40 bits per heavy atom. The highest BCUT2D eigenvalue weighted by Gasteiger charge is 2.23. The van der Waals surface area contributed by atoms with E-state index in [9.17, 15) is 4.79 Å². The molecule has 0 saturated carbocycles. The smallest absolute Gasteiger partial charge is 0.405 e. The normalized spacial score (nSPS) is 10.8. The molecule has 0 unspecified atom stereocenters. The molecule has 0 heterocycles. The molecule has 108 valence electrons. The minimum atomic E-state index is -0.846. The van der Waals surface area contributed by atoms with Crippen molar-refractivity contribution < 1.29 is 14.3 Å². The van der Waals surface area contributed by atoms with Gasteiger partial charge in [0, 0.05) is 6.42 Å². The van der Waals surface area contributed by atoms with E-state index >= 15 is 0 Å². The van der Waals surface area contributed by atoms with Crippen molar-refractivity contribution in [3.05, 3.63) is 27.7 Å². The maximum Gasteiger partial charge on any atom is 0.405 e. The number of primary amides is 1. The van der Waals surface area contributed by atoms with Gasteiger partial charge in [-0.15, -0.1) is 0 Å². The van der Waals surface area contributed by atoms with E-state index in [0.717, 1.165) is 5.56 Å². The van der Waals surface area contributed by atoms with E-state index in [2.05, 4.69) is 0 Å². The van der Waals surface area contributed by atoms with Crippen molar-refractivity contribution in [1.29, 1.82) is 5.26 Å². The Balaban J connectivity index is 2.94. The van der Waals surface area contributed by atoms with E-state index in [1.807, 2.05) is 6.07 Å². The summed E-state index contributed by atoms with van der Waals surface area (Å²) in [6.45, 7) is 3.30. The lowest BCUT2D eigenvalue weighted by molar-refractivity contribution is 0.0460. The number of nitrogens with two attached hydrogens (primary N) is 1. The van der Waals surface area contributed by atoms with Gasteiger partial charge < -0.3 is 15.2 Å². The quantitative estimate of drug-likeness (QED) is 0.902. The summed E-state index contributed by atoms with van der Waals surface area (Å²) in [5, 5.41) is 9.06. The first-order chi connectivity index (χ1) is 9.25. The van der Waals surface area contributed by atoms with Gasteiger partial charge in [-0.05, 0) is 31.5 Å². The van der Waals surface area contributed by atoms with Gasteiger partial charge in [-0.3, -0.25) is 0 Å². The van der Waals surface area contributed by atoms with E-state index in [0.29, 0.717) is 6.42 Å². The molecule has 1 rings (SSSR count). The van der Waals surface area contributed by atoms with Crippen LogP contribution in [0.15, 0.2) is 12.1 Å². The van der Waals surface area contributed by atoms with Crippen LogP contribution in [0.25, 0.3) is 0 Å². The number of amides is 1. The molecule has 0 aliphatic rings. The molecule has 7 heteroatoms. The highest BCUT2D eigenvalue weighted by molar-refractivity contribution is 6.37. The molecule has 0 aliphatic heterocycles. The molecule has 0 radical (unpaired) electrons. The summed E-state index contributed by atoms with van der Waals surface area (Å²) in [5.74, 6) is 0.257. The third-order valence-electron chi connectivity index (χ3n) is 2.35. The molecule has 0 aromatic heterocycles. The molecule has 2 N–H and O–H groups in total. The SMILES string of the molecule is CC(C)(Cc1cc(Cl)c(OCC#N)c(Cl)c1)OC(N)=O. The first-order valence-corrected chi connectivity index (χ1v) is 6.47. The molecule has 0 atom stereocenters. The Hall–Kier alpha value is -1.64. The predicted molar refractivity (Wildman–Crippen MR) is 76.0 cm³/mol. The first kappa shape index (κ1) is 16.4. The second kappa shape index (κ2) is 6.69. The van der Waals surface area contributed by atoms with E-state index in [-0.39, 0.29) is 22.4 Å². The first-order valence-electron chi connectivity index (χ1n) is 5.71. The van der Waals surface area contributed by atoms with E-state index in [1.165, 1.54) is 0 Å². The summed E-state index contributed by atoms with van der Waals surface area (Å²) in [7, 11) is 0. The molecule has 1 aromatic carbocycles. The number of ether oxygens (including phenoxy) is 2. The maximum atomic E-state index is 10.8. The van der Waals surface area contributed by atoms with Crippen LogP contribution >= 0.6 is 23.2 Å². The molecular formula is C13H14Cl2N2O3. The van der Waals surface area contributed by atoms with Gasteiger partial charge in [0.15, 0.2) is 12.4 Å². The number of hydrogen-bond donors (Lipinski definition) is 1. The van der Waals surface area contributed by atoms with Gasteiger partial charge >= 0.3 is 6.09 Å². The van der Waals surface area contributed by atoms with Crippen LogP contribution < -0.4 is 10.5 Å². The van der Waals surface area contributed by atoms with Crippen LogP contribution in [0, 0.1) is 11.3 Å². The van der Waals surface area contributed by atoms with Crippen LogP contribution in [0.3, 0.4) is 0 Å². The number of rotatable bonds is 5. The predicted octanol–water partition coefficient (Wildman–Crippen LogP) is 3.31. The third kappa shape index (κ3) is 4.80. The summed E-state index contributed by atoms with van der Waals surface area (Å²) >= 11 is 12.1. The topological polar surface area (TPSA) is 85.3 Å². The maximum absolute atomic E-state index is 10.8. The third-order valence-corrected chi connectivity index (χ3v) is 2.91. The molecule has 20 heavy (non-hydrogen) atoms. The van der Waals surface area contributed by atoms with Crippen molar-refractivity contribution in [2.45, 2.75) is 25.9 Å². The average molecular weight is 317 g/mol. The summed E-state index contributed by atoms with van der Waals surface area (Å²) < 4.78 is 10.1. The highest BCUT2D eigenvalue weighted by atomic mass is 35.5. The zero-order valence-corrected chi connectivity index (χ0v) is 12.6. The fourth-order valence-corrected chi connectivity index (χ4v) is 2.40. The van der Waals surface area contributed by atoms with Gasteiger partial charge in [-0.2, -0.15) is 5.26 Å². The summed E-state index contributed by atoms with van der Waals surface area (Å²) in [6.07, 6.45) is -0.463. The van der Waals surface area contributed by atoms with Gasteiger partial charge in [0.1, 0.15) is 11.7 Å². The molecule has 1 amide bonds. The summed E-state index contributed by atoms with van der Waals surface area (Å²) in [6, 6.07) is 5.12. The van der Waals surface area contributed by atoms with Gasteiger partial charge in [-0.25, -0.2) is 4.79 Å². The lowest BCUT2D eigenvalue weighted by Crippen LogP contribution is -2.33. The molecular weight excluding hydrogens is 303 g/mol. The van der Waals surface area contributed by atoms with Crippen molar-refractivity contribution >= 4 is 29.3 Å². The Kier molecular flexibility index (Phi) is 5.49. The monoisotopic (exact) mass is 316 g/mol. The minimum Gasteiger partial charge on any atom is -0.476 e. The minimum absolute atomic E-state index is 0.144. The standard InChI is InChI=1S/C13H14Cl2N2O3/c1-13(2,20-12(17)18)7-8-5-9(14)11(10(15)6-8)19-4-3-16/h5-6H,4,7H2,1-2H3,(H2,17,18). The van der Waals surface area contributed by atoms with Crippen molar-refractivity contribution in [3.8, 4) is 11.8 Å². The van der Waals surface area contributed by atoms with Gasteiger partial charge in [-0.1, -0.05) is 23.2 Å². The van der Waals surface area contributed by atoms with Crippen LogP contribution in [-0.2, 0) is 11.2 Å². The number of hydrogen-bond acceptors (Lipinski definition) is 4. The molecule has 1 aromatic rings. The molecule has 0 spiro atoms. The van der Waals surface area contributed by atoms with Gasteiger partial charge in [0.25, 0.3) is 0 Å². The molecule has 0 saturated heterocycles. The zero-order valence-electron chi connectivity index (χ0n) is 11.1. The fraction of sp³-hybridized carbons (Fsp3) is 0.385. The van der Waals surface area contributed by atoms with Crippen LogP contribution in [0.5, 0.6) is 5.75 Å². The van der Waals surface area contributed by atoms with Crippen LogP contribution in [0.4, 0.5) is 4.79 Å². The lowest BCUT2D eigenvalue weighted by Gasteiger charge is -2.24. The average Bonchev–Trinajstić information content (AvgIpc) is 2.25. The zero-order chi connectivity index (χ0) is 15.3. The second-order valence-electron chi connectivity index (χ2n) is 4.69. The highest BCUT2D eigenvalue weighted by Crippen LogP contribution is 2.35. The second-order valence-corrected chi connectivity index (χ2v) is 5.51. The van der Waals surface area contributed by atoms with Crippen LogP contribution in [-0.4, -0.2) is 18.3 Å². The van der Waals surface area contributed by atoms with Crippen molar-refractivity contribution in [2.75, 3.05) is 6.61 Å². The number of carbonyl (C=O) groups excluding carboxylic acids is 1. The van der Waals surface area contributed by atoms with Crippen LogP contribution in [0.1, 0.15) is 19.4 Å². The van der Waals surface area contributed by atoms with Crippen molar-refractivity contribution in [1.82, 2.24) is 0 Å². The van der Waals surface area contributed by atoms with E-state index in [1.54, 1.807) is 26.0 Å². The molecule has 0 aliphatic carbocycles. The number of benzene rings is 1. The van der Waals surface area contributed by atoms with Crippen LogP contribution in [0.2, 0.25) is 10.0 Å². The Labute approximate surface area is 127 Å². The van der Waals surface area contributed by atoms with Gasteiger partial charge in [0.05, 0.1) is 10.0 Å². The number of halogens is 2. The summed E-state index contributed by atoms with van der Waals surface area (Å²) in [5.41, 5.74) is 4.98. The van der Waals surface area contributed by atoms with Gasteiger partial charge in [0.2, 0.25) is 0 Å². The van der Waals surface area contributed by atoms with E-state index < -0.39 is 11.7 Å². The number of carbonyl (C=O) groups is 1. The van der Waals surface area contributed by atoms with Crippen molar-refractivity contribution in [2.24, 2.45) is 5.73 Å². The molecule has 0 bridgehead atoms. The fourth-order valence-electron chi connectivity index (χ4n) is 1.76. The van der Waals surface area contributed by atoms with E-state index in [4.69, 9.17) is 43.7 Å². The Bertz CT molecular complexity index is 530. The molecule has 0 fully saturated rings. The number of nitrogens with zero attached hydrogens (tertiary/aromatic N) is 1. The molecule has 5 nitrogen and oxygen atoms in total. The Morgan fingerprint density at radius 1 is 1.40 bits per heavy atom. The summed E-state index contributed by atoms with van der Waals surface area (Å²) in [4.78, 5) is 10.8. The largest absolute Gasteiger partial charge is 0.476 e. The van der Waals surface area contributed by atoms with Crippen molar-refractivity contribution in [3.63, 3.8) is 0 Å².